The van der Waals surface area contributed by atoms with Gasteiger partial charge in [0.2, 0.25) is 0 Å². The summed E-state index contributed by atoms with van der Waals surface area (Å²) >= 11 is 0. The predicted octanol–water partition coefficient (Wildman–Crippen LogP) is 3.18. The van der Waals surface area contributed by atoms with Crippen LogP contribution < -0.4 is 0 Å². The van der Waals surface area contributed by atoms with Crippen molar-refractivity contribution in [3.63, 3.8) is 0 Å². The third-order valence-electron chi connectivity index (χ3n) is 5.31. The molecule has 6 unspecified atom stereocenters. The largest absolute Gasteiger partial charge is 0.462 e. The molecule has 0 aromatic heterocycles. The number of carbonyl (C=O) groups excluding carboxylic acids is 1. The van der Waals surface area contributed by atoms with Gasteiger partial charge in [-0.1, -0.05) is 12.5 Å². The van der Waals surface area contributed by atoms with Gasteiger partial charge in [-0.15, -0.1) is 6.58 Å². The summed E-state index contributed by atoms with van der Waals surface area (Å²) < 4.78 is 5.62. The Morgan fingerprint density at radius 3 is 2.94 bits per heavy atom. The summed E-state index contributed by atoms with van der Waals surface area (Å²) in [5.41, 5.74) is 1.27. The van der Waals surface area contributed by atoms with Gasteiger partial charge >= 0.3 is 5.97 Å². The van der Waals surface area contributed by atoms with Gasteiger partial charge in [0.05, 0.1) is 5.92 Å². The maximum Gasteiger partial charge on any atom is 0.309 e. The van der Waals surface area contributed by atoms with Crippen molar-refractivity contribution < 1.29 is 9.53 Å². The summed E-state index contributed by atoms with van der Waals surface area (Å²) in [6.45, 7) is 8.30. The van der Waals surface area contributed by atoms with Gasteiger partial charge in [0.15, 0.2) is 0 Å². The van der Waals surface area contributed by atoms with Crippen molar-refractivity contribution in [2.24, 2.45) is 29.6 Å². The second-order valence-electron chi connectivity index (χ2n) is 6.36. The summed E-state index contributed by atoms with van der Waals surface area (Å²) in [5, 5.41) is 0. The molecule has 2 nitrogen and oxygen atoms in total. The number of hydrogen-bond donors (Lipinski definition) is 0. The maximum atomic E-state index is 11.8. The zero-order valence-electron chi connectivity index (χ0n) is 10.8. The molecule has 0 aromatic carbocycles. The fourth-order valence-electron chi connectivity index (χ4n) is 4.59. The standard InChI is InChI=1S/C15H22O2/c1-8(2)5-4-6-10-11-7-12-13(9(11)3)15(16)17-14(10)12/h9-14H,1,4-7H2,2-3H3. The monoisotopic (exact) mass is 234 g/mol. The van der Waals surface area contributed by atoms with Crippen molar-refractivity contribution in [3.05, 3.63) is 12.2 Å². The van der Waals surface area contributed by atoms with E-state index in [-0.39, 0.29) is 18.0 Å². The number of fused-ring (bicyclic) bond motifs is 1. The highest BCUT2D eigenvalue weighted by molar-refractivity contribution is 5.77. The minimum atomic E-state index is 0.0948. The zero-order chi connectivity index (χ0) is 12.2. The third-order valence-corrected chi connectivity index (χ3v) is 5.31. The lowest BCUT2D eigenvalue weighted by molar-refractivity contribution is -0.144. The van der Waals surface area contributed by atoms with Crippen LogP contribution in [0.4, 0.5) is 0 Å². The molecule has 0 aromatic rings. The number of ether oxygens (including phenoxy) is 1. The van der Waals surface area contributed by atoms with Crippen LogP contribution in [0.1, 0.15) is 39.5 Å². The van der Waals surface area contributed by atoms with Crippen molar-refractivity contribution in [1.29, 1.82) is 0 Å². The van der Waals surface area contributed by atoms with E-state index < -0.39 is 0 Å². The van der Waals surface area contributed by atoms with Crippen LogP contribution >= 0.6 is 0 Å². The highest BCUT2D eigenvalue weighted by Gasteiger charge is 2.64. The first-order chi connectivity index (χ1) is 8.09. The number of hydrogen-bond acceptors (Lipinski definition) is 2. The van der Waals surface area contributed by atoms with Crippen molar-refractivity contribution in [2.45, 2.75) is 45.6 Å². The lowest BCUT2D eigenvalue weighted by Gasteiger charge is -2.29. The molecular weight excluding hydrogens is 212 g/mol. The van der Waals surface area contributed by atoms with Crippen LogP contribution in [-0.4, -0.2) is 12.1 Å². The molecule has 1 aliphatic heterocycles. The van der Waals surface area contributed by atoms with Crippen molar-refractivity contribution >= 4 is 5.97 Å². The summed E-state index contributed by atoms with van der Waals surface area (Å²) in [6, 6.07) is 0. The summed E-state index contributed by atoms with van der Waals surface area (Å²) in [7, 11) is 0. The van der Waals surface area contributed by atoms with E-state index in [0.29, 0.717) is 17.8 Å². The van der Waals surface area contributed by atoms with Crippen LogP contribution in [0, 0.1) is 29.6 Å². The zero-order valence-corrected chi connectivity index (χ0v) is 10.8. The molecule has 6 atom stereocenters. The fourth-order valence-corrected chi connectivity index (χ4v) is 4.59. The lowest BCUT2D eigenvalue weighted by atomic mass is 9.73. The molecular formula is C15H22O2. The molecule has 2 saturated carbocycles. The Bertz CT molecular complexity index is 360. The van der Waals surface area contributed by atoms with E-state index in [4.69, 9.17) is 4.74 Å². The Morgan fingerprint density at radius 1 is 1.47 bits per heavy atom. The summed E-state index contributed by atoms with van der Waals surface area (Å²) in [5.74, 6) is 2.82. The number of esters is 1. The van der Waals surface area contributed by atoms with Crippen molar-refractivity contribution in [2.75, 3.05) is 0 Å². The van der Waals surface area contributed by atoms with E-state index in [9.17, 15) is 4.79 Å². The molecule has 94 valence electrons. The highest BCUT2D eigenvalue weighted by atomic mass is 16.6. The Balaban J connectivity index is 1.68. The highest BCUT2D eigenvalue weighted by Crippen LogP contribution is 2.61. The summed E-state index contributed by atoms with van der Waals surface area (Å²) in [4.78, 5) is 11.8. The number of carbonyl (C=O) groups is 1. The first kappa shape index (κ1) is 11.3. The van der Waals surface area contributed by atoms with Gasteiger partial charge in [-0.3, -0.25) is 4.79 Å². The topological polar surface area (TPSA) is 26.3 Å². The second kappa shape index (κ2) is 3.86. The van der Waals surface area contributed by atoms with Crippen LogP contribution in [0.25, 0.3) is 0 Å². The van der Waals surface area contributed by atoms with E-state index in [1.165, 1.54) is 24.8 Å². The number of rotatable bonds is 4. The molecule has 3 rings (SSSR count). The lowest BCUT2D eigenvalue weighted by Crippen LogP contribution is -2.31. The molecule has 2 heteroatoms. The minimum absolute atomic E-state index is 0.0948. The van der Waals surface area contributed by atoms with Crippen LogP contribution in [0.2, 0.25) is 0 Å². The van der Waals surface area contributed by atoms with Crippen molar-refractivity contribution in [3.8, 4) is 0 Å². The van der Waals surface area contributed by atoms with E-state index in [1.54, 1.807) is 0 Å². The van der Waals surface area contributed by atoms with Crippen LogP contribution in [0.3, 0.4) is 0 Å². The molecule has 17 heavy (non-hydrogen) atoms. The Morgan fingerprint density at radius 2 is 2.24 bits per heavy atom. The minimum Gasteiger partial charge on any atom is -0.462 e. The van der Waals surface area contributed by atoms with E-state index in [1.807, 2.05) is 0 Å². The fraction of sp³-hybridized carbons (Fsp3) is 0.800. The van der Waals surface area contributed by atoms with E-state index >= 15 is 0 Å². The second-order valence-corrected chi connectivity index (χ2v) is 6.36. The molecule has 0 radical (unpaired) electrons. The first-order valence-electron chi connectivity index (χ1n) is 6.94. The molecule has 2 aliphatic carbocycles. The van der Waals surface area contributed by atoms with Gasteiger partial charge < -0.3 is 4.74 Å². The molecule has 3 fully saturated rings. The average Bonchev–Trinajstić information content (AvgIpc) is 2.81. The van der Waals surface area contributed by atoms with Gasteiger partial charge in [0, 0.05) is 5.92 Å². The van der Waals surface area contributed by atoms with Crippen LogP contribution in [0.15, 0.2) is 12.2 Å². The summed E-state index contributed by atoms with van der Waals surface area (Å²) in [6.07, 6.45) is 5.03. The quantitative estimate of drug-likeness (QED) is 0.551. The predicted molar refractivity (Wildman–Crippen MR) is 66.3 cm³/mol. The van der Waals surface area contributed by atoms with E-state index in [2.05, 4.69) is 20.4 Å². The molecule has 0 N–H and O–H groups in total. The van der Waals surface area contributed by atoms with Crippen LogP contribution in [-0.2, 0) is 9.53 Å². The third kappa shape index (κ3) is 1.56. The Hall–Kier alpha value is -0.790. The molecule has 0 amide bonds. The van der Waals surface area contributed by atoms with Gasteiger partial charge in [0.1, 0.15) is 6.10 Å². The van der Waals surface area contributed by atoms with Gasteiger partial charge in [-0.25, -0.2) is 0 Å². The SMILES string of the molecule is C=C(C)CCCC1C2CC3C1OC(=O)C3C2C. The number of allylic oxidation sites excluding steroid dienone is 1. The molecule has 3 aliphatic rings. The Labute approximate surface area is 103 Å². The molecule has 0 spiro atoms. The normalized spacial score (nSPS) is 46.4. The van der Waals surface area contributed by atoms with Gasteiger partial charge in [-0.05, 0) is 50.4 Å². The van der Waals surface area contributed by atoms with Crippen LogP contribution in [0.5, 0.6) is 0 Å². The average molecular weight is 234 g/mol. The van der Waals surface area contributed by atoms with Gasteiger partial charge in [-0.2, -0.15) is 0 Å². The molecule has 1 heterocycles. The van der Waals surface area contributed by atoms with Crippen molar-refractivity contribution in [1.82, 2.24) is 0 Å². The molecule has 2 bridgehead atoms. The Kier molecular flexibility index (Phi) is 2.57. The van der Waals surface area contributed by atoms with E-state index in [0.717, 1.165) is 12.3 Å². The molecule has 1 saturated heterocycles. The first-order valence-corrected chi connectivity index (χ1v) is 6.94. The van der Waals surface area contributed by atoms with Gasteiger partial charge in [0.25, 0.3) is 0 Å². The maximum absolute atomic E-state index is 11.8. The smallest absolute Gasteiger partial charge is 0.309 e.